The highest BCUT2D eigenvalue weighted by molar-refractivity contribution is 6.05. The third-order valence-electron chi connectivity index (χ3n) is 7.18. The number of carbonyl (C=O) groups excluding carboxylic acids is 4. The number of aromatic nitrogens is 2. The summed E-state index contributed by atoms with van der Waals surface area (Å²) >= 11 is 0. The lowest BCUT2D eigenvalue weighted by Crippen LogP contribution is -2.49. The molecule has 2 heterocycles. The summed E-state index contributed by atoms with van der Waals surface area (Å²) in [6.07, 6.45) is 3.60. The topological polar surface area (TPSA) is 148 Å². The molecule has 4 aromatic rings. The van der Waals surface area contributed by atoms with Gasteiger partial charge >= 0.3 is 0 Å². The molecule has 0 aliphatic carbocycles. The van der Waals surface area contributed by atoms with Gasteiger partial charge in [0.25, 0.3) is 0 Å². The Morgan fingerprint density at radius 1 is 0.756 bits per heavy atom. The quantitative estimate of drug-likeness (QED) is 0.189. The Morgan fingerprint density at radius 2 is 1.40 bits per heavy atom. The lowest BCUT2D eigenvalue weighted by Gasteiger charge is -2.29. The molecule has 2 aromatic heterocycles. The van der Waals surface area contributed by atoms with Crippen LogP contribution in [-0.4, -0.2) is 101 Å². The highest BCUT2D eigenvalue weighted by Crippen LogP contribution is 2.31. The second-order valence-electron chi connectivity index (χ2n) is 10.4. The van der Waals surface area contributed by atoms with E-state index in [-0.39, 0.29) is 64.8 Å². The van der Waals surface area contributed by atoms with Crippen molar-refractivity contribution in [1.82, 2.24) is 24.7 Å². The Labute approximate surface area is 261 Å². The maximum absolute atomic E-state index is 13.7. The Kier molecular flexibility index (Phi) is 11.7. The van der Waals surface area contributed by atoms with Crippen LogP contribution in [-0.2, 0) is 30.5 Å². The van der Waals surface area contributed by atoms with Crippen molar-refractivity contribution in [2.75, 3.05) is 53.0 Å². The minimum Gasteiger partial charge on any atom is -0.491 e. The summed E-state index contributed by atoms with van der Waals surface area (Å²) in [6, 6.07) is 18.6. The lowest BCUT2D eigenvalue weighted by atomic mass is 10.1. The number of nitrogens with two attached hydrogens (primary N) is 1. The zero-order valence-electron chi connectivity index (χ0n) is 25.6. The van der Waals surface area contributed by atoms with E-state index in [9.17, 15) is 19.2 Å². The first-order chi connectivity index (χ1) is 21.8. The van der Waals surface area contributed by atoms with Crippen molar-refractivity contribution in [3.63, 3.8) is 0 Å². The average molecular weight is 615 g/mol. The Morgan fingerprint density at radius 3 is 2.11 bits per heavy atom. The molecule has 0 spiro atoms. The van der Waals surface area contributed by atoms with Crippen LogP contribution < -0.4 is 10.5 Å². The SMILES string of the molecule is CCC(=O)N(CCOc1cc2cccnc2c2ncccc12)CC(=O)N(CC(=O)N(CCOC)CC(N)=O)Cc1ccccc1. The first-order valence-corrected chi connectivity index (χ1v) is 14.7. The number of carbonyl (C=O) groups is 4. The van der Waals surface area contributed by atoms with Crippen LogP contribution in [0.2, 0.25) is 0 Å². The number of nitrogens with zero attached hydrogens (tertiary/aromatic N) is 5. The zero-order chi connectivity index (χ0) is 32.2. The van der Waals surface area contributed by atoms with Crippen LogP contribution in [0.3, 0.4) is 0 Å². The van der Waals surface area contributed by atoms with E-state index in [0.717, 1.165) is 21.9 Å². The summed E-state index contributed by atoms with van der Waals surface area (Å²) in [5.41, 5.74) is 7.64. The highest BCUT2D eigenvalue weighted by atomic mass is 16.5. The maximum atomic E-state index is 13.7. The molecular formula is C33H38N6O6. The summed E-state index contributed by atoms with van der Waals surface area (Å²) in [6.45, 7) is 1.58. The van der Waals surface area contributed by atoms with Crippen LogP contribution in [0.5, 0.6) is 5.75 Å². The first kappa shape index (κ1) is 32.8. The minimum atomic E-state index is -0.675. The molecule has 0 fully saturated rings. The van der Waals surface area contributed by atoms with Gasteiger partial charge in [-0.05, 0) is 29.8 Å². The summed E-state index contributed by atoms with van der Waals surface area (Å²) in [5.74, 6) is -1.20. The molecule has 0 saturated carbocycles. The molecule has 0 aliphatic heterocycles. The number of hydrogen-bond donors (Lipinski definition) is 1. The van der Waals surface area contributed by atoms with E-state index in [2.05, 4.69) is 9.97 Å². The fourth-order valence-electron chi connectivity index (χ4n) is 4.89. The van der Waals surface area contributed by atoms with Crippen molar-refractivity contribution in [1.29, 1.82) is 0 Å². The van der Waals surface area contributed by atoms with Crippen molar-refractivity contribution in [2.24, 2.45) is 5.73 Å². The maximum Gasteiger partial charge on any atom is 0.242 e. The second kappa shape index (κ2) is 16.1. The third-order valence-corrected chi connectivity index (χ3v) is 7.18. The number of primary amides is 1. The molecule has 0 bridgehead atoms. The average Bonchev–Trinajstić information content (AvgIpc) is 3.05. The van der Waals surface area contributed by atoms with Crippen LogP contribution in [0, 0.1) is 0 Å². The Bertz CT molecular complexity index is 1630. The summed E-state index contributed by atoms with van der Waals surface area (Å²) in [7, 11) is 1.48. The normalized spacial score (nSPS) is 10.9. The molecule has 0 atom stereocenters. The van der Waals surface area contributed by atoms with Crippen molar-refractivity contribution in [2.45, 2.75) is 19.9 Å². The van der Waals surface area contributed by atoms with Crippen molar-refractivity contribution in [3.8, 4) is 5.75 Å². The van der Waals surface area contributed by atoms with E-state index in [1.807, 2.05) is 60.7 Å². The zero-order valence-corrected chi connectivity index (χ0v) is 25.6. The van der Waals surface area contributed by atoms with Crippen molar-refractivity contribution in [3.05, 3.63) is 78.6 Å². The number of amides is 4. The second-order valence-corrected chi connectivity index (χ2v) is 10.4. The van der Waals surface area contributed by atoms with Gasteiger partial charge in [-0.1, -0.05) is 43.3 Å². The van der Waals surface area contributed by atoms with Gasteiger partial charge in [0.15, 0.2) is 0 Å². The van der Waals surface area contributed by atoms with Gasteiger partial charge in [0, 0.05) is 49.8 Å². The van der Waals surface area contributed by atoms with E-state index >= 15 is 0 Å². The van der Waals surface area contributed by atoms with E-state index < -0.39 is 17.7 Å². The van der Waals surface area contributed by atoms with E-state index in [1.54, 1.807) is 19.3 Å². The Balaban J connectivity index is 1.50. The standard InChI is InChI=1S/C33H38N6O6/c1-3-29(41)38(16-18-45-27-19-25-11-7-13-35-32(25)33-26(27)12-8-14-36-33)22-31(43)39(20-24-9-5-4-6-10-24)23-30(42)37(15-17-44-2)21-28(34)40/h4-14,19H,3,15-18,20-23H2,1-2H3,(H2,34,40). The monoisotopic (exact) mass is 614 g/mol. The molecule has 236 valence electrons. The van der Waals surface area contributed by atoms with Crippen LogP contribution in [0.4, 0.5) is 0 Å². The van der Waals surface area contributed by atoms with Crippen LogP contribution in [0.15, 0.2) is 73.1 Å². The van der Waals surface area contributed by atoms with Gasteiger partial charge in [0.1, 0.15) is 24.4 Å². The molecule has 12 nitrogen and oxygen atoms in total. The van der Waals surface area contributed by atoms with Gasteiger partial charge in [0.2, 0.25) is 23.6 Å². The molecule has 0 radical (unpaired) electrons. The smallest absolute Gasteiger partial charge is 0.242 e. The summed E-state index contributed by atoms with van der Waals surface area (Å²) in [4.78, 5) is 64.6. The third kappa shape index (κ3) is 8.96. The van der Waals surface area contributed by atoms with Gasteiger partial charge in [0.05, 0.1) is 31.8 Å². The number of benzene rings is 2. The van der Waals surface area contributed by atoms with Gasteiger partial charge < -0.3 is 29.9 Å². The van der Waals surface area contributed by atoms with Crippen LogP contribution >= 0.6 is 0 Å². The molecule has 4 amide bonds. The number of rotatable bonds is 16. The number of methoxy groups -OCH3 is 1. The van der Waals surface area contributed by atoms with E-state index in [1.165, 1.54) is 21.8 Å². The van der Waals surface area contributed by atoms with Crippen LogP contribution in [0.1, 0.15) is 18.9 Å². The lowest BCUT2D eigenvalue weighted by molar-refractivity contribution is -0.145. The fourth-order valence-corrected chi connectivity index (χ4v) is 4.89. The Hall–Kier alpha value is -5.10. The minimum absolute atomic E-state index is 0.121. The molecule has 0 unspecified atom stereocenters. The summed E-state index contributed by atoms with van der Waals surface area (Å²) < 4.78 is 11.2. The molecule has 2 aromatic carbocycles. The molecule has 2 N–H and O–H groups in total. The molecule has 0 saturated heterocycles. The molecule has 45 heavy (non-hydrogen) atoms. The summed E-state index contributed by atoms with van der Waals surface area (Å²) in [5, 5.41) is 1.65. The number of fused-ring (bicyclic) bond motifs is 3. The van der Waals surface area contributed by atoms with Gasteiger partial charge in [-0.25, -0.2) is 0 Å². The number of hydrogen-bond acceptors (Lipinski definition) is 8. The largest absolute Gasteiger partial charge is 0.491 e. The van der Waals surface area contributed by atoms with Gasteiger partial charge in [-0.15, -0.1) is 0 Å². The fraction of sp³-hybridized carbons (Fsp3) is 0.333. The van der Waals surface area contributed by atoms with Gasteiger partial charge in [-0.2, -0.15) is 0 Å². The molecule has 0 aliphatic rings. The highest BCUT2D eigenvalue weighted by Gasteiger charge is 2.25. The van der Waals surface area contributed by atoms with Crippen LogP contribution in [0.25, 0.3) is 21.8 Å². The first-order valence-electron chi connectivity index (χ1n) is 14.7. The number of pyridine rings is 2. The van der Waals surface area contributed by atoms with Gasteiger partial charge in [-0.3, -0.25) is 29.1 Å². The molecular weight excluding hydrogens is 576 g/mol. The van der Waals surface area contributed by atoms with E-state index in [0.29, 0.717) is 11.3 Å². The molecule has 4 rings (SSSR count). The van der Waals surface area contributed by atoms with Crippen molar-refractivity contribution < 1.29 is 28.7 Å². The predicted octanol–water partition coefficient (Wildman–Crippen LogP) is 2.39. The molecule has 12 heteroatoms. The van der Waals surface area contributed by atoms with E-state index in [4.69, 9.17) is 15.2 Å². The number of ether oxygens (including phenoxy) is 2. The predicted molar refractivity (Wildman–Crippen MR) is 169 cm³/mol. The van der Waals surface area contributed by atoms with Crippen molar-refractivity contribution >= 4 is 45.4 Å².